The molecule has 1 unspecified atom stereocenters. The van der Waals surface area contributed by atoms with E-state index >= 15 is 0 Å². The van der Waals surface area contributed by atoms with Crippen LogP contribution in [0, 0.1) is 10.8 Å². The molecule has 0 aliphatic carbocycles. The molecule has 0 fully saturated rings. The van der Waals surface area contributed by atoms with Crippen molar-refractivity contribution in [1.82, 2.24) is 0 Å². The van der Waals surface area contributed by atoms with Crippen LogP contribution in [-0.2, 0) is 23.8 Å². The highest BCUT2D eigenvalue weighted by Gasteiger charge is 2.34. The average molecular weight is 761 g/mol. The third-order valence-corrected chi connectivity index (χ3v) is 8.18. The summed E-state index contributed by atoms with van der Waals surface area (Å²) in [5, 5.41) is 26.4. The molecule has 0 bridgehead atoms. The lowest BCUT2D eigenvalue weighted by Gasteiger charge is -2.36. The number of benzene rings is 4. The average Bonchev–Trinajstić information content (AvgIpc) is 3.24. The van der Waals surface area contributed by atoms with Crippen LogP contribution in [0.15, 0.2) is 134 Å². The van der Waals surface area contributed by atoms with Crippen LogP contribution in [0.4, 0.5) is 27.5 Å². The molecule has 12 nitrogen and oxygen atoms in total. The van der Waals surface area contributed by atoms with E-state index in [4.69, 9.17) is 29.2 Å². The molecule has 0 saturated heterocycles. The molecule has 12 heteroatoms. The number of methoxy groups -OCH3 is 1. The Morgan fingerprint density at radius 3 is 1.40 bits per heavy atom. The van der Waals surface area contributed by atoms with Gasteiger partial charge in [-0.25, -0.2) is 4.79 Å². The number of hydrogen-bond acceptors (Lipinski definition) is 9. The molecule has 1 atom stereocenters. The number of carbonyl (C=O) groups excluding carboxylic acids is 2. The number of para-hydroxylation sites is 4. The number of hydrogen-bond donors (Lipinski definition) is 6. The fraction of sp³-hybridized carbons (Fsp3) is 0.326. The monoisotopic (exact) mass is 760 g/mol. The summed E-state index contributed by atoms with van der Waals surface area (Å²) in [7, 11) is 2.67. The zero-order valence-corrected chi connectivity index (χ0v) is 32.6. The van der Waals surface area contributed by atoms with Crippen molar-refractivity contribution < 1.29 is 38.8 Å². The van der Waals surface area contributed by atoms with E-state index in [1.54, 1.807) is 7.11 Å². The normalized spacial score (nSPS) is 10.9. The lowest BCUT2D eigenvalue weighted by atomic mass is 9.84. The molecule has 300 valence electrons. The van der Waals surface area contributed by atoms with Crippen LogP contribution in [0.1, 0.15) is 26.7 Å². The van der Waals surface area contributed by atoms with Crippen molar-refractivity contribution in [2.45, 2.75) is 26.7 Å². The number of carboxylic acid groups (broad SMARTS) is 1. The van der Waals surface area contributed by atoms with Gasteiger partial charge in [0, 0.05) is 55.5 Å². The summed E-state index contributed by atoms with van der Waals surface area (Å²) < 4.78 is 17.6. The van der Waals surface area contributed by atoms with Gasteiger partial charge in [-0.2, -0.15) is 0 Å². The Bertz CT molecular complexity index is 1460. The second kappa shape index (κ2) is 31.8. The molecule has 2 amide bonds. The van der Waals surface area contributed by atoms with E-state index in [0.29, 0.717) is 31.9 Å². The third-order valence-electron chi connectivity index (χ3n) is 8.18. The van der Waals surface area contributed by atoms with Crippen LogP contribution < -0.4 is 21.3 Å². The van der Waals surface area contributed by atoms with Crippen molar-refractivity contribution in [2.75, 3.05) is 75.0 Å². The van der Waals surface area contributed by atoms with Crippen molar-refractivity contribution >= 4 is 41.7 Å². The maximum absolute atomic E-state index is 12.5. The van der Waals surface area contributed by atoms with E-state index in [1.807, 2.05) is 97.1 Å². The first-order valence-corrected chi connectivity index (χ1v) is 17.8. The maximum Gasteiger partial charge on any atom is 0.411 e. The molecule has 0 aliphatic heterocycles. The lowest BCUT2D eigenvalue weighted by molar-refractivity contribution is -0.122. The summed E-state index contributed by atoms with van der Waals surface area (Å²) in [5.41, 5.74) is 3.04. The van der Waals surface area contributed by atoms with Gasteiger partial charge < -0.3 is 40.4 Å². The number of ether oxygens (including phenoxy) is 3. The van der Waals surface area contributed by atoms with Crippen LogP contribution >= 0.6 is 0 Å². The van der Waals surface area contributed by atoms with Gasteiger partial charge in [0.2, 0.25) is 6.41 Å². The van der Waals surface area contributed by atoms with Gasteiger partial charge in [0.15, 0.2) is 0 Å². The van der Waals surface area contributed by atoms with Crippen molar-refractivity contribution in [3.63, 3.8) is 0 Å². The van der Waals surface area contributed by atoms with Crippen LogP contribution in [0.2, 0.25) is 0 Å². The topological polar surface area (TPSA) is 167 Å². The number of aliphatic hydroxyl groups excluding tert-OH is 1. The van der Waals surface area contributed by atoms with Gasteiger partial charge >= 0.3 is 6.09 Å². The first-order chi connectivity index (χ1) is 26.9. The standard InChI is InChI=1S/C32H43N3O4.C7H7NO.C2H4.CH2O2.CH4O/c1-4-31(21-33-27-15-9-6-10-16-27,22-34-28-17-11-7-12-18-28)24-38-25-32(5-2,23-37-3)26-39-30(36)35-29-19-13-8-14-20-29;9-6-8-7-4-2-1-3-5-7;1-2;2-1-3;1-2/h6-20,33-34H,4-5,21-26H2,1-3H3,(H,35,36);1-6H,(H,8,9);1-2H2;1H,(H,2,3);2H,1H3. The third kappa shape index (κ3) is 21.6. The summed E-state index contributed by atoms with van der Waals surface area (Å²) >= 11 is 0. The first kappa shape index (κ1) is 49.3. The van der Waals surface area contributed by atoms with E-state index < -0.39 is 11.5 Å². The van der Waals surface area contributed by atoms with Crippen LogP contribution in [0.25, 0.3) is 0 Å². The molecule has 0 spiro atoms. The van der Waals surface area contributed by atoms with E-state index in [1.165, 1.54) is 0 Å². The van der Waals surface area contributed by atoms with Crippen molar-refractivity contribution in [1.29, 1.82) is 0 Å². The highest BCUT2D eigenvalue weighted by Crippen LogP contribution is 2.29. The Kier molecular flexibility index (Phi) is 28.5. The molecule has 6 N–H and O–H groups in total. The SMILES string of the molecule is C=C.CCC(CNc1ccccc1)(CNc1ccccc1)COCC(CC)(COC)COC(=O)Nc1ccccc1.CO.O=CNc1ccccc1.O=CO. The summed E-state index contributed by atoms with van der Waals surface area (Å²) in [6.07, 6.45) is 1.82. The van der Waals surface area contributed by atoms with Crippen LogP contribution in [0.3, 0.4) is 0 Å². The van der Waals surface area contributed by atoms with Gasteiger partial charge in [0.25, 0.3) is 6.47 Å². The van der Waals surface area contributed by atoms with E-state index in [2.05, 4.69) is 72.5 Å². The fourth-order valence-corrected chi connectivity index (χ4v) is 4.93. The Morgan fingerprint density at radius 2 is 1.02 bits per heavy atom. The van der Waals surface area contributed by atoms with Crippen molar-refractivity contribution in [2.24, 2.45) is 10.8 Å². The first-order valence-electron chi connectivity index (χ1n) is 17.8. The Balaban J connectivity index is 0.00000153. The van der Waals surface area contributed by atoms with Gasteiger partial charge in [-0.15, -0.1) is 13.2 Å². The molecule has 0 aromatic heterocycles. The molecular weight excluding hydrogens is 700 g/mol. The maximum atomic E-state index is 12.5. The predicted octanol–water partition coefficient (Wildman–Crippen LogP) is 8.28. The molecule has 0 saturated carbocycles. The molecule has 0 aliphatic rings. The molecule has 4 rings (SSSR count). The number of amides is 2. The second-order valence-corrected chi connectivity index (χ2v) is 11.9. The highest BCUT2D eigenvalue weighted by molar-refractivity contribution is 5.84. The Labute approximate surface area is 326 Å². The van der Waals surface area contributed by atoms with Gasteiger partial charge in [0.1, 0.15) is 6.61 Å². The number of nitrogens with one attached hydrogen (secondary N) is 4. The van der Waals surface area contributed by atoms with Crippen molar-refractivity contribution in [3.8, 4) is 0 Å². The molecule has 0 radical (unpaired) electrons. The summed E-state index contributed by atoms with van der Waals surface area (Å²) in [5.74, 6) is 0. The lowest BCUT2D eigenvalue weighted by Crippen LogP contribution is -2.43. The largest absolute Gasteiger partial charge is 0.483 e. The van der Waals surface area contributed by atoms with Gasteiger partial charge in [-0.1, -0.05) is 86.6 Å². The van der Waals surface area contributed by atoms with E-state index in [-0.39, 0.29) is 18.5 Å². The van der Waals surface area contributed by atoms with Crippen molar-refractivity contribution in [3.05, 3.63) is 134 Å². The predicted molar refractivity (Wildman–Crippen MR) is 224 cm³/mol. The van der Waals surface area contributed by atoms with E-state index in [0.717, 1.165) is 50.1 Å². The van der Waals surface area contributed by atoms with E-state index in [9.17, 15) is 9.59 Å². The second-order valence-electron chi connectivity index (χ2n) is 11.9. The smallest absolute Gasteiger partial charge is 0.411 e. The van der Waals surface area contributed by atoms with Crippen LogP contribution in [0.5, 0.6) is 0 Å². The fourth-order valence-electron chi connectivity index (χ4n) is 4.93. The summed E-state index contributed by atoms with van der Waals surface area (Å²) in [6.45, 7) is 13.1. The van der Waals surface area contributed by atoms with Crippen LogP contribution in [-0.4, -0.2) is 82.9 Å². The number of rotatable bonds is 19. The minimum atomic E-state index is -0.489. The summed E-state index contributed by atoms with van der Waals surface area (Å²) in [4.78, 5) is 30.7. The summed E-state index contributed by atoms with van der Waals surface area (Å²) in [6, 6.07) is 39.0. The molecule has 0 heterocycles. The van der Waals surface area contributed by atoms with Gasteiger partial charge in [-0.3, -0.25) is 14.9 Å². The van der Waals surface area contributed by atoms with Gasteiger partial charge in [-0.05, 0) is 61.4 Å². The molecule has 4 aromatic rings. The Morgan fingerprint density at radius 1 is 0.636 bits per heavy atom. The highest BCUT2D eigenvalue weighted by atomic mass is 16.6. The Hall–Kier alpha value is -5.69. The molecule has 4 aromatic carbocycles. The molecular formula is C43H60N4O8. The number of carbonyl (C=O) groups is 3. The zero-order valence-electron chi connectivity index (χ0n) is 32.6. The number of anilines is 4. The van der Waals surface area contributed by atoms with Gasteiger partial charge in [0.05, 0.1) is 25.2 Å². The molecule has 55 heavy (non-hydrogen) atoms. The zero-order chi connectivity index (χ0) is 41.0. The minimum Gasteiger partial charge on any atom is -0.483 e. The minimum absolute atomic E-state index is 0.177. The quantitative estimate of drug-likeness (QED) is 0.0404. The number of aliphatic hydroxyl groups is 1.